The molecule has 9 heteroatoms. The van der Waals surface area contributed by atoms with Crippen LogP contribution in [0.4, 0.5) is 23.1 Å². The van der Waals surface area contributed by atoms with Crippen LogP contribution in [0.2, 0.25) is 0 Å². The summed E-state index contributed by atoms with van der Waals surface area (Å²) >= 11 is 0. The van der Waals surface area contributed by atoms with Crippen molar-refractivity contribution in [1.29, 1.82) is 0 Å². The molecular formula is C29H35N7O2. The van der Waals surface area contributed by atoms with E-state index in [0.717, 1.165) is 65.2 Å². The number of fused-ring (bicyclic) bond motifs is 2. The first-order chi connectivity index (χ1) is 18.4. The summed E-state index contributed by atoms with van der Waals surface area (Å²) in [6.45, 7) is 8.62. The summed E-state index contributed by atoms with van der Waals surface area (Å²) < 4.78 is 7.11. The molecule has 0 bridgehead atoms. The second-order valence-electron chi connectivity index (χ2n) is 9.94. The smallest absolute Gasteiger partial charge is 0.320 e. The number of esters is 1. The summed E-state index contributed by atoms with van der Waals surface area (Å²) in [5.74, 6) is 1.08. The average Bonchev–Trinajstić information content (AvgIpc) is 3.20. The minimum absolute atomic E-state index is 0.152. The van der Waals surface area contributed by atoms with E-state index in [4.69, 9.17) is 9.72 Å². The average molecular weight is 514 g/mol. The number of aromatic nitrogens is 4. The number of anilines is 4. The number of ether oxygens (including phenoxy) is 1. The molecule has 0 amide bonds. The maximum Gasteiger partial charge on any atom is 0.320 e. The Bertz CT molecular complexity index is 1440. The molecule has 2 N–H and O–H groups in total. The lowest BCUT2D eigenvalue weighted by atomic mass is 9.99. The molecular weight excluding hydrogens is 478 g/mol. The summed E-state index contributed by atoms with van der Waals surface area (Å²) in [4.78, 5) is 23.6. The Hall–Kier alpha value is -3.98. The third kappa shape index (κ3) is 5.62. The summed E-state index contributed by atoms with van der Waals surface area (Å²) in [5.41, 5.74) is 7.51. The van der Waals surface area contributed by atoms with Gasteiger partial charge in [0.05, 0.1) is 18.5 Å². The van der Waals surface area contributed by atoms with E-state index in [9.17, 15) is 4.79 Å². The molecule has 0 fully saturated rings. The number of rotatable bonds is 9. The normalized spacial score (nSPS) is 13.4. The third-order valence-electron chi connectivity index (χ3n) is 6.97. The number of para-hydroxylation sites is 1. The number of carbonyl (C=O) groups is 1. The van der Waals surface area contributed by atoms with Crippen LogP contribution in [0, 0.1) is 13.8 Å². The quantitative estimate of drug-likeness (QED) is 0.234. The van der Waals surface area contributed by atoms with Crippen LogP contribution in [0.1, 0.15) is 42.0 Å². The Kier molecular flexibility index (Phi) is 7.55. The first-order valence-electron chi connectivity index (χ1n) is 13.2. The number of nitrogens with one attached hydrogen (secondary N) is 2. The second kappa shape index (κ2) is 11.2. The van der Waals surface area contributed by atoms with Gasteiger partial charge >= 0.3 is 5.97 Å². The maximum atomic E-state index is 12.2. The summed E-state index contributed by atoms with van der Waals surface area (Å²) in [5, 5.41) is 12.3. The Balaban J connectivity index is 1.29. The molecule has 0 atom stereocenters. The van der Waals surface area contributed by atoms with Crippen LogP contribution in [0.5, 0.6) is 0 Å². The largest absolute Gasteiger partial charge is 0.465 e. The molecule has 4 aromatic rings. The lowest BCUT2D eigenvalue weighted by Gasteiger charge is -2.28. The number of hydrogen-bond donors (Lipinski definition) is 2. The number of carbonyl (C=O) groups excluding carboxylic acids is 1. The van der Waals surface area contributed by atoms with Crippen LogP contribution in [-0.2, 0) is 29.5 Å². The molecule has 3 heterocycles. The van der Waals surface area contributed by atoms with E-state index >= 15 is 0 Å². The molecule has 38 heavy (non-hydrogen) atoms. The highest BCUT2D eigenvalue weighted by Crippen LogP contribution is 2.29. The zero-order chi connectivity index (χ0) is 26.6. The van der Waals surface area contributed by atoms with E-state index in [2.05, 4.69) is 76.7 Å². The molecule has 9 nitrogen and oxygen atoms in total. The molecule has 2 aromatic heterocycles. The van der Waals surface area contributed by atoms with Crippen molar-refractivity contribution >= 4 is 40.1 Å². The monoisotopic (exact) mass is 513 g/mol. The summed E-state index contributed by atoms with van der Waals surface area (Å²) in [7, 11) is 1.88. The molecule has 198 valence electrons. The van der Waals surface area contributed by atoms with Gasteiger partial charge in [0, 0.05) is 37.7 Å². The van der Waals surface area contributed by atoms with Crippen LogP contribution in [-0.4, -0.2) is 50.3 Å². The van der Waals surface area contributed by atoms with E-state index in [0.29, 0.717) is 25.6 Å². The highest BCUT2D eigenvalue weighted by atomic mass is 16.5. The number of unbranched alkanes of at least 4 members (excludes halogenated alkanes) is 1. The zero-order valence-electron chi connectivity index (χ0n) is 22.5. The van der Waals surface area contributed by atoms with Crippen LogP contribution in [0.25, 0.3) is 11.0 Å². The van der Waals surface area contributed by atoms with Crippen molar-refractivity contribution in [2.75, 3.05) is 30.3 Å². The maximum absolute atomic E-state index is 12.2. The number of benzene rings is 2. The number of nitrogens with zero attached hydrogens (tertiary/aromatic N) is 5. The number of aryl methyl sites for hydroxylation is 3. The fourth-order valence-electron chi connectivity index (χ4n) is 4.84. The van der Waals surface area contributed by atoms with Gasteiger partial charge < -0.3 is 15.4 Å². The van der Waals surface area contributed by atoms with E-state index < -0.39 is 0 Å². The first-order valence-corrected chi connectivity index (χ1v) is 13.2. The van der Waals surface area contributed by atoms with Crippen molar-refractivity contribution in [2.24, 2.45) is 7.05 Å². The Morgan fingerprint density at radius 2 is 1.92 bits per heavy atom. The van der Waals surface area contributed by atoms with Crippen molar-refractivity contribution in [1.82, 2.24) is 24.6 Å². The van der Waals surface area contributed by atoms with Gasteiger partial charge in [-0.2, -0.15) is 10.1 Å². The zero-order valence-corrected chi connectivity index (χ0v) is 22.5. The predicted molar refractivity (Wildman–Crippen MR) is 150 cm³/mol. The predicted octanol–water partition coefficient (Wildman–Crippen LogP) is 5.17. The Morgan fingerprint density at radius 1 is 1.11 bits per heavy atom. The minimum Gasteiger partial charge on any atom is -0.465 e. The van der Waals surface area contributed by atoms with Gasteiger partial charge in [-0.05, 0) is 61.1 Å². The third-order valence-corrected chi connectivity index (χ3v) is 6.97. The van der Waals surface area contributed by atoms with Crippen LogP contribution in [0.15, 0.2) is 42.6 Å². The summed E-state index contributed by atoms with van der Waals surface area (Å²) in [6, 6.07) is 12.5. The van der Waals surface area contributed by atoms with Crippen LogP contribution >= 0.6 is 0 Å². The fraction of sp³-hybridized carbons (Fsp3) is 0.379. The molecule has 0 aliphatic carbocycles. The highest BCUT2D eigenvalue weighted by molar-refractivity contribution is 5.90. The molecule has 1 aliphatic rings. The lowest BCUT2D eigenvalue weighted by molar-refractivity contribution is -0.145. The van der Waals surface area contributed by atoms with Gasteiger partial charge in [0.2, 0.25) is 5.95 Å². The lowest BCUT2D eigenvalue weighted by Crippen LogP contribution is -2.35. The topological polar surface area (TPSA) is 97.2 Å². The fourth-order valence-corrected chi connectivity index (χ4v) is 4.84. The molecule has 0 saturated carbocycles. The molecule has 5 rings (SSSR count). The van der Waals surface area contributed by atoms with Gasteiger partial charge in [-0.3, -0.25) is 9.69 Å². The van der Waals surface area contributed by atoms with E-state index in [1.807, 2.05) is 13.1 Å². The standard InChI is InChI=1S/C29H35N7O2/c1-5-6-14-38-25(37)18-36-13-12-21-10-11-23(15-22(21)17-36)31-29-30-16-24-27(34-35(4)28(24)33-29)32-26-19(2)8-7-9-20(26)3/h7-11,15-16H,5-6,12-14,17-18H2,1-4H3,(H,32,34)(H,30,31,33). The van der Waals surface area contributed by atoms with Crippen LogP contribution in [0.3, 0.4) is 0 Å². The Labute approximate surface area is 223 Å². The van der Waals surface area contributed by atoms with E-state index in [1.54, 1.807) is 10.9 Å². The Morgan fingerprint density at radius 3 is 2.71 bits per heavy atom. The molecule has 0 unspecified atom stereocenters. The van der Waals surface area contributed by atoms with Crippen molar-refractivity contribution in [2.45, 2.75) is 46.6 Å². The SMILES string of the molecule is CCCCOC(=O)CN1CCc2ccc(Nc3ncc4c(Nc5c(C)cccc5C)nn(C)c4n3)cc2C1. The van der Waals surface area contributed by atoms with E-state index in [1.165, 1.54) is 11.1 Å². The number of hydrogen-bond acceptors (Lipinski definition) is 8. The van der Waals surface area contributed by atoms with Crippen LogP contribution < -0.4 is 10.6 Å². The van der Waals surface area contributed by atoms with Gasteiger partial charge in [-0.15, -0.1) is 0 Å². The van der Waals surface area contributed by atoms with Crippen molar-refractivity contribution in [3.8, 4) is 0 Å². The molecule has 0 saturated heterocycles. The van der Waals surface area contributed by atoms with Crippen molar-refractivity contribution < 1.29 is 9.53 Å². The molecule has 0 radical (unpaired) electrons. The highest BCUT2D eigenvalue weighted by Gasteiger charge is 2.20. The van der Waals surface area contributed by atoms with Gasteiger partial charge in [0.1, 0.15) is 0 Å². The van der Waals surface area contributed by atoms with Gasteiger partial charge in [-0.25, -0.2) is 9.67 Å². The van der Waals surface area contributed by atoms with Gasteiger partial charge in [0.25, 0.3) is 0 Å². The minimum atomic E-state index is -0.152. The van der Waals surface area contributed by atoms with Gasteiger partial charge in [-0.1, -0.05) is 37.6 Å². The summed E-state index contributed by atoms with van der Waals surface area (Å²) in [6.07, 6.45) is 4.63. The van der Waals surface area contributed by atoms with Crippen molar-refractivity contribution in [3.63, 3.8) is 0 Å². The molecule has 2 aromatic carbocycles. The molecule has 0 spiro atoms. The van der Waals surface area contributed by atoms with Gasteiger partial charge in [0.15, 0.2) is 11.5 Å². The second-order valence-corrected chi connectivity index (χ2v) is 9.94. The molecule has 1 aliphatic heterocycles. The first kappa shape index (κ1) is 25.7. The van der Waals surface area contributed by atoms with E-state index in [-0.39, 0.29) is 5.97 Å². The van der Waals surface area contributed by atoms with Crippen molar-refractivity contribution in [3.05, 3.63) is 64.8 Å².